The van der Waals surface area contributed by atoms with Gasteiger partial charge < -0.3 is 0 Å². The van der Waals surface area contributed by atoms with E-state index in [0.29, 0.717) is 0 Å². The zero-order chi connectivity index (χ0) is 24.1. The maximum atomic E-state index is 6.65. The molecule has 0 N–H and O–H groups in total. The molecule has 1 heteroatoms. The quantitative estimate of drug-likeness (QED) is 0.237. The normalized spacial score (nSPS) is 16.0. The fourth-order valence-corrected chi connectivity index (χ4v) is 6.38. The second-order valence-corrected chi connectivity index (χ2v) is 9.84. The zero-order valence-corrected chi connectivity index (χ0v) is 20.4. The van der Waals surface area contributed by atoms with Gasteiger partial charge in [-0.3, -0.25) is 0 Å². The van der Waals surface area contributed by atoms with E-state index < -0.39 is 5.41 Å². The van der Waals surface area contributed by atoms with Gasteiger partial charge in [-0.2, -0.15) is 0 Å². The summed E-state index contributed by atoms with van der Waals surface area (Å²) in [4.78, 5) is 0. The molecule has 0 saturated heterocycles. The summed E-state index contributed by atoms with van der Waals surface area (Å²) < 4.78 is 0. The van der Waals surface area contributed by atoms with Crippen LogP contribution in [0.25, 0.3) is 33.0 Å². The lowest BCUT2D eigenvalue weighted by Gasteiger charge is -2.34. The molecule has 0 aromatic heterocycles. The van der Waals surface area contributed by atoms with Crippen LogP contribution in [-0.2, 0) is 5.41 Å². The predicted octanol–water partition coefficient (Wildman–Crippen LogP) is 9.52. The van der Waals surface area contributed by atoms with Crippen molar-refractivity contribution in [3.8, 4) is 22.3 Å². The Labute approximate surface area is 216 Å². The lowest BCUT2D eigenvalue weighted by molar-refractivity contribution is 0.769. The Morgan fingerprint density at radius 3 is 2.03 bits per heavy atom. The van der Waals surface area contributed by atoms with Crippen LogP contribution < -0.4 is 0 Å². The van der Waals surface area contributed by atoms with Crippen LogP contribution in [-0.4, -0.2) is 0 Å². The topological polar surface area (TPSA) is 0 Å². The summed E-state index contributed by atoms with van der Waals surface area (Å²) in [7, 11) is 0. The molecule has 1 atom stereocenters. The fraction of sp³-hybridized carbons (Fsp3) is 0.0286. The Hall–Kier alpha value is -4.13. The van der Waals surface area contributed by atoms with Gasteiger partial charge in [0.05, 0.1) is 5.41 Å². The van der Waals surface area contributed by atoms with Crippen molar-refractivity contribution in [2.45, 2.75) is 5.41 Å². The van der Waals surface area contributed by atoms with E-state index in [-0.39, 0.29) is 0 Å². The van der Waals surface area contributed by atoms with Crippen molar-refractivity contribution in [3.05, 3.63) is 167 Å². The van der Waals surface area contributed by atoms with Gasteiger partial charge in [0.2, 0.25) is 0 Å². The number of hydrogen-bond acceptors (Lipinski definition) is 0. The molecule has 1 aliphatic rings. The number of benzene rings is 6. The monoisotopic (exact) mass is 478 g/mol. The van der Waals surface area contributed by atoms with E-state index in [2.05, 4.69) is 121 Å². The first-order valence-corrected chi connectivity index (χ1v) is 12.7. The summed E-state index contributed by atoms with van der Waals surface area (Å²) in [5.74, 6) is 0. The summed E-state index contributed by atoms with van der Waals surface area (Å²) in [6, 6.07) is 50.2. The minimum absolute atomic E-state index is 0.436. The van der Waals surface area contributed by atoms with Crippen molar-refractivity contribution in [1.29, 1.82) is 0 Å². The van der Waals surface area contributed by atoms with E-state index in [1.807, 2.05) is 18.2 Å². The van der Waals surface area contributed by atoms with Gasteiger partial charge in [0.15, 0.2) is 0 Å². The maximum absolute atomic E-state index is 6.65. The van der Waals surface area contributed by atoms with Gasteiger partial charge in [-0.15, -0.1) is 0 Å². The highest BCUT2D eigenvalue weighted by atomic mass is 35.5. The third-order valence-corrected chi connectivity index (χ3v) is 7.95. The largest absolute Gasteiger partial charge is 0.0837 e. The zero-order valence-electron chi connectivity index (χ0n) is 19.7. The first kappa shape index (κ1) is 21.2. The number of halogens is 1. The van der Waals surface area contributed by atoms with Crippen LogP contribution in [0.2, 0.25) is 5.02 Å². The fourth-order valence-electron chi connectivity index (χ4n) is 6.14. The summed E-state index contributed by atoms with van der Waals surface area (Å²) in [5.41, 5.74) is 9.52. The highest BCUT2D eigenvalue weighted by Crippen LogP contribution is 2.57. The van der Waals surface area contributed by atoms with Crippen LogP contribution in [0.5, 0.6) is 0 Å². The lowest BCUT2D eigenvalue weighted by Crippen LogP contribution is -2.28. The van der Waals surface area contributed by atoms with Crippen molar-refractivity contribution < 1.29 is 0 Å². The first-order valence-electron chi connectivity index (χ1n) is 12.3. The Kier molecular flexibility index (Phi) is 4.84. The van der Waals surface area contributed by atoms with Crippen molar-refractivity contribution in [3.63, 3.8) is 0 Å². The third kappa shape index (κ3) is 2.95. The van der Waals surface area contributed by atoms with Crippen LogP contribution in [0.4, 0.5) is 0 Å². The summed E-state index contributed by atoms with van der Waals surface area (Å²) in [6.45, 7) is 0. The molecule has 6 aromatic rings. The van der Waals surface area contributed by atoms with E-state index in [4.69, 9.17) is 11.6 Å². The molecule has 6 aromatic carbocycles. The maximum Gasteiger partial charge on any atom is 0.0714 e. The van der Waals surface area contributed by atoms with Crippen LogP contribution in [0.1, 0.15) is 22.3 Å². The third-order valence-electron chi connectivity index (χ3n) is 7.62. The van der Waals surface area contributed by atoms with Crippen LogP contribution in [0.15, 0.2) is 140 Å². The molecule has 0 aliphatic heterocycles. The van der Waals surface area contributed by atoms with Gasteiger partial charge in [0.25, 0.3) is 0 Å². The van der Waals surface area contributed by atoms with Crippen molar-refractivity contribution in [1.82, 2.24) is 0 Å². The average molecular weight is 479 g/mol. The van der Waals surface area contributed by atoms with E-state index >= 15 is 0 Å². The van der Waals surface area contributed by atoms with Crippen molar-refractivity contribution in [2.24, 2.45) is 0 Å². The smallest absolute Gasteiger partial charge is 0.0714 e. The van der Waals surface area contributed by atoms with E-state index in [1.165, 1.54) is 44.2 Å². The molecular weight excluding hydrogens is 456 g/mol. The second kappa shape index (κ2) is 8.22. The van der Waals surface area contributed by atoms with Gasteiger partial charge in [-0.25, -0.2) is 0 Å². The van der Waals surface area contributed by atoms with Crippen LogP contribution in [0.3, 0.4) is 0 Å². The molecule has 1 unspecified atom stereocenters. The molecule has 0 nitrogen and oxygen atoms in total. The standard InChI is InChI=1S/C35H23Cl/c36-33-20-9-7-16-28(33)25-12-10-15-27(23-25)35(26-13-2-1-3-14-26)31-19-8-6-18-30(31)34-29-17-5-4-11-24(29)21-22-32(34)35/h1-23H. The summed E-state index contributed by atoms with van der Waals surface area (Å²) in [6.07, 6.45) is 0. The second-order valence-electron chi connectivity index (χ2n) is 9.43. The molecule has 0 fully saturated rings. The molecule has 36 heavy (non-hydrogen) atoms. The molecule has 0 heterocycles. The highest BCUT2D eigenvalue weighted by Gasteiger charge is 2.46. The molecule has 0 amide bonds. The summed E-state index contributed by atoms with van der Waals surface area (Å²) in [5, 5.41) is 3.32. The predicted molar refractivity (Wildman–Crippen MR) is 152 cm³/mol. The molecule has 0 spiro atoms. The molecule has 0 radical (unpaired) electrons. The van der Waals surface area contributed by atoms with Crippen LogP contribution >= 0.6 is 11.6 Å². The Balaban J connectivity index is 1.63. The van der Waals surface area contributed by atoms with E-state index in [9.17, 15) is 0 Å². The average Bonchev–Trinajstić information content (AvgIpc) is 3.25. The summed E-state index contributed by atoms with van der Waals surface area (Å²) >= 11 is 6.65. The van der Waals surface area contributed by atoms with E-state index in [1.54, 1.807) is 0 Å². The number of fused-ring (bicyclic) bond motifs is 5. The number of rotatable bonds is 3. The Morgan fingerprint density at radius 1 is 0.472 bits per heavy atom. The van der Waals surface area contributed by atoms with Gasteiger partial charge in [-0.1, -0.05) is 139 Å². The minimum Gasteiger partial charge on any atom is -0.0837 e. The van der Waals surface area contributed by atoms with Gasteiger partial charge >= 0.3 is 0 Å². The molecule has 170 valence electrons. The van der Waals surface area contributed by atoms with Gasteiger partial charge in [-0.05, 0) is 61.8 Å². The molecular formula is C35H23Cl. The molecule has 7 rings (SSSR count). The van der Waals surface area contributed by atoms with Crippen molar-refractivity contribution in [2.75, 3.05) is 0 Å². The Morgan fingerprint density at radius 2 is 1.17 bits per heavy atom. The van der Waals surface area contributed by atoms with Crippen molar-refractivity contribution >= 4 is 22.4 Å². The van der Waals surface area contributed by atoms with Crippen LogP contribution in [0, 0.1) is 0 Å². The molecule has 0 saturated carbocycles. The van der Waals surface area contributed by atoms with Gasteiger partial charge in [0, 0.05) is 10.6 Å². The van der Waals surface area contributed by atoms with E-state index in [0.717, 1.165) is 16.1 Å². The van der Waals surface area contributed by atoms with Gasteiger partial charge in [0.1, 0.15) is 0 Å². The minimum atomic E-state index is -0.436. The SMILES string of the molecule is Clc1ccccc1-c1cccc(C2(c3ccccc3)c3ccccc3-c3c2ccc2ccccc32)c1. The molecule has 0 bridgehead atoms. The highest BCUT2D eigenvalue weighted by molar-refractivity contribution is 6.33. The number of hydrogen-bond donors (Lipinski definition) is 0. The Bertz CT molecular complexity index is 1750. The molecule has 1 aliphatic carbocycles. The first-order chi connectivity index (χ1) is 17.8. The lowest BCUT2D eigenvalue weighted by atomic mass is 9.67.